The minimum atomic E-state index is -1.63. The number of nitro groups is 1. The zero-order chi connectivity index (χ0) is 21.7. The van der Waals surface area contributed by atoms with Gasteiger partial charge in [0.25, 0.3) is 5.69 Å². The van der Waals surface area contributed by atoms with Crippen LogP contribution in [0.1, 0.15) is 27.7 Å². The molecule has 0 aliphatic heterocycles. The van der Waals surface area contributed by atoms with Gasteiger partial charge in [-0.3, -0.25) is 19.7 Å². The maximum Gasteiger partial charge on any atom is 0.304 e. The highest BCUT2D eigenvalue weighted by Gasteiger charge is 2.50. The summed E-state index contributed by atoms with van der Waals surface area (Å²) in [5.74, 6) is -1.05. The van der Waals surface area contributed by atoms with Crippen molar-refractivity contribution in [2.75, 3.05) is 5.32 Å². The van der Waals surface area contributed by atoms with Crippen LogP contribution in [0, 0.1) is 15.5 Å². The fraction of sp³-hybridized carbons (Fsp3) is 0.300. The number of azo groups is 1. The van der Waals surface area contributed by atoms with Crippen molar-refractivity contribution in [3.63, 3.8) is 0 Å². The first-order valence-electron chi connectivity index (χ1n) is 8.78. The van der Waals surface area contributed by atoms with Gasteiger partial charge in [-0.15, -0.1) is 5.11 Å². The van der Waals surface area contributed by atoms with Crippen LogP contribution in [0.4, 0.5) is 17.1 Å². The van der Waals surface area contributed by atoms with Gasteiger partial charge >= 0.3 is 5.97 Å². The Labute approximate surface area is 167 Å². The van der Waals surface area contributed by atoms with Crippen LogP contribution in [0.2, 0.25) is 0 Å². The zero-order valence-corrected chi connectivity index (χ0v) is 16.6. The van der Waals surface area contributed by atoms with Crippen LogP contribution in [0.5, 0.6) is 0 Å². The number of anilines is 1. The molecule has 0 aliphatic rings. The standard InChI is InChI=1S/C20H22N4O5/c1-14(25)29-20(4,23-22-16-10-12-17(13-11-16)24(27)28)19(2,3)18(26)21-15-8-6-5-7-9-15/h5-13H,1-4H3,(H,21,26). The fourth-order valence-corrected chi connectivity index (χ4v) is 2.37. The highest BCUT2D eigenvalue weighted by molar-refractivity contribution is 5.95. The number of para-hydroxylation sites is 1. The molecule has 1 N–H and O–H groups in total. The third kappa shape index (κ3) is 5.22. The number of hydrogen-bond donors (Lipinski definition) is 1. The Balaban J connectivity index is 2.32. The van der Waals surface area contributed by atoms with Gasteiger partial charge in [-0.25, -0.2) is 0 Å². The molecule has 2 rings (SSSR count). The molecular weight excluding hydrogens is 376 g/mol. The number of non-ortho nitro benzene ring substituents is 1. The molecule has 0 spiro atoms. The van der Waals surface area contributed by atoms with Crippen LogP contribution >= 0.6 is 0 Å². The van der Waals surface area contributed by atoms with Gasteiger partial charge in [0.1, 0.15) is 5.41 Å². The Hall–Kier alpha value is -3.62. The summed E-state index contributed by atoms with van der Waals surface area (Å²) >= 11 is 0. The van der Waals surface area contributed by atoms with Gasteiger partial charge in [-0.1, -0.05) is 18.2 Å². The Kier molecular flexibility index (Phi) is 6.42. The molecular formula is C20H22N4O5. The van der Waals surface area contributed by atoms with E-state index in [0.717, 1.165) is 0 Å². The first-order chi connectivity index (χ1) is 13.5. The van der Waals surface area contributed by atoms with Gasteiger partial charge < -0.3 is 10.1 Å². The number of carbonyl (C=O) groups is 2. The molecule has 9 heteroatoms. The maximum atomic E-state index is 12.9. The van der Waals surface area contributed by atoms with E-state index < -0.39 is 27.9 Å². The molecule has 152 valence electrons. The van der Waals surface area contributed by atoms with E-state index in [0.29, 0.717) is 11.4 Å². The molecule has 0 heterocycles. The Bertz CT molecular complexity index is 926. The molecule has 1 atom stereocenters. The third-order valence-corrected chi connectivity index (χ3v) is 4.52. The van der Waals surface area contributed by atoms with E-state index in [9.17, 15) is 19.7 Å². The predicted molar refractivity (Wildman–Crippen MR) is 107 cm³/mol. The highest BCUT2D eigenvalue weighted by Crippen LogP contribution is 2.38. The second-order valence-electron chi connectivity index (χ2n) is 7.00. The monoisotopic (exact) mass is 398 g/mol. The number of carbonyl (C=O) groups excluding carboxylic acids is 2. The van der Waals surface area contributed by atoms with E-state index in [-0.39, 0.29) is 5.69 Å². The van der Waals surface area contributed by atoms with Crippen LogP contribution in [-0.4, -0.2) is 22.5 Å². The molecule has 0 aromatic heterocycles. The van der Waals surface area contributed by atoms with Crippen LogP contribution in [0.15, 0.2) is 64.8 Å². The van der Waals surface area contributed by atoms with Crippen molar-refractivity contribution in [2.45, 2.75) is 33.4 Å². The van der Waals surface area contributed by atoms with E-state index >= 15 is 0 Å². The Morgan fingerprint density at radius 2 is 1.62 bits per heavy atom. The summed E-state index contributed by atoms with van der Waals surface area (Å²) in [4.78, 5) is 34.8. The van der Waals surface area contributed by atoms with Crippen LogP contribution < -0.4 is 5.32 Å². The average molecular weight is 398 g/mol. The minimum absolute atomic E-state index is 0.0886. The summed E-state index contributed by atoms with van der Waals surface area (Å²) in [6, 6.07) is 14.2. The van der Waals surface area contributed by atoms with Crippen molar-refractivity contribution < 1.29 is 19.2 Å². The smallest absolute Gasteiger partial charge is 0.304 e. The fourth-order valence-electron chi connectivity index (χ4n) is 2.37. The number of ether oxygens (including phenoxy) is 1. The van der Waals surface area contributed by atoms with Gasteiger partial charge in [0.15, 0.2) is 0 Å². The number of nitrogens with zero attached hydrogens (tertiary/aromatic N) is 3. The molecule has 0 radical (unpaired) electrons. The van der Waals surface area contributed by atoms with E-state index in [2.05, 4.69) is 15.5 Å². The number of nitrogens with one attached hydrogen (secondary N) is 1. The van der Waals surface area contributed by atoms with Gasteiger partial charge in [-0.2, -0.15) is 5.11 Å². The maximum absolute atomic E-state index is 12.9. The Morgan fingerprint density at radius 3 is 2.14 bits per heavy atom. The first-order valence-corrected chi connectivity index (χ1v) is 8.78. The Morgan fingerprint density at radius 1 is 1.03 bits per heavy atom. The highest BCUT2D eigenvalue weighted by atomic mass is 16.6. The molecule has 1 unspecified atom stereocenters. The van der Waals surface area contributed by atoms with E-state index in [1.54, 1.807) is 38.1 Å². The first kappa shape index (κ1) is 21.7. The van der Waals surface area contributed by atoms with Gasteiger partial charge in [-0.05, 0) is 45.0 Å². The summed E-state index contributed by atoms with van der Waals surface area (Å²) in [5, 5.41) is 21.7. The SMILES string of the molecule is CC(=O)OC(C)(N=Nc1ccc([N+](=O)[O-])cc1)C(C)(C)C(=O)Nc1ccccc1. The van der Waals surface area contributed by atoms with E-state index in [1.165, 1.54) is 38.1 Å². The molecule has 29 heavy (non-hydrogen) atoms. The van der Waals surface area contributed by atoms with E-state index in [4.69, 9.17) is 4.74 Å². The molecule has 2 aromatic rings. The van der Waals surface area contributed by atoms with Gasteiger partial charge in [0.2, 0.25) is 11.6 Å². The van der Waals surface area contributed by atoms with Crippen molar-refractivity contribution in [3.8, 4) is 0 Å². The molecule has 2 aromatic carbocycles. The number of hydrogen-bond acceptors (Lipinski definition) is 7. The molecule has 0 saturated heterocycles. The van der Waals surface area contributed by atoms with Crippen LogP contribution in [0.3, 0.4) is 0 Å². The summed E-state index contributed by atoms with van der Waals surface area (Å²) in [6.45, 7) is 5.87. The second-order valence-corrected chi connectivity index (χ2v) is 7.00. The normalized spacial score (nSPS) is 13.5. The van der Waals surface area contributed by atoms with Crippen LogP contribution in [0.25, 0.3) is 0 Å². The quantitative estimate of drug-likeness (QED) is 0.315. The van der Waals surface area contributed by atoms with Crippen molar-refractivity contribution >= 4 is 28.9 Å². The summed E-state index contributed by atoms with van der Waals surface area (Å²) in [5.41, 5.74) is -2.11. The number of amides is 1. The average Bonchev–Trinajstić information content (AvgIpc) is 2.66. The number of nitro benzene ring substituents is 1. The molecule has 0 fully saturated rings. The lowest BCUT2D eigenvalue weighted by Gasteiger charge is -2.37. The summed E-state index contributed by atoms with van der Waals surface area (Å²) in [7, 11) is 0. The lowest BCUT2D eigenvalue weighted by Crippen LogP contribution is -2.51. The molecule has 0 bridgehead atoms. The number of benzene rings is 2. The lowest BCUT2D eigenvalue weighted by atomic mass is 9.81. The summed E-state index contributed by atoms with van der Waals surface area (Å²) < 4.78 is 5.38. The van der Waals surface area contributed by atoms with Gasteiger partial charge in [0, 0.05) is 24.7 Å². The van der Waals surface area contributed by atoms with Gasteiger partial charge in [0.05, 0.1) is 10.6 Å². The predicted octanol–water partition coefficient (Wildman–Crippen LogP) is 4.62. The third-order valence-electron chi connectivity index (χ3n) is 4.52. The van der Waals surface area contributed by atoms with Crippen molar-refractivity contribution in [3.05, 3.63) is 64.7 Å². The number of esters is 1. The largest absolute Gasteiger partial charge is 0.435 e. The van der Waals surface area contributed by atoms with Crippen molar-refractivity contribution in [1.82, 2.24) is 0 Å². The topological polar surface area (TPSA) is 123 Å². The van der Waals surface area contributed by atoms with E-state index in [1.807, 2.05) is 6.07 Å². The van der Waals surface area contributed by atoms with Crippen molar-refractivity contribution in [1.29, 1.82) is 0 Å². The second kappa shape index (κ2) is 8.59. The van der Waals surface area contributed by atoms with Crippen molar-refractivity contribution in [2.24, 2.45) is 15.6 Å². The molecule has 9 nitrogen and oxygen atoms in total. The minimum Gasteiger partial charge on any atom is -0.435 e. The molecule has 0 aliphatic carbocycles. The van der Waals surface area contributed by atoms with Crippen LogP contribution in [-0.2, 0) is 14.3 Å². The number of rotatable bonds is 7. The molecule has 0 saturated carbocycles. The summed E-state index contributed by atoms with van der Waals surface area (Å²) in [6.07, 6.45) is 0. The molecule has 1 amide bonds. The zero-order valence-electron chi connectivity index (χ0n) is 16.6. The lowest BCUT2D eigenvalue weighted by molar-refractivity contribution is -0.384.